The van der Waals surface area contributed by atoms with E-state index in [1.807, 2.05) is 0 Å². The first-order valence-electron chi connectivity index (χ1n) is 8.32. The monoisotopic (exact) mass is 449 g/mol. The highest BCUT2D eigenvalue weighted by Gasteiger charge is 2.23. The maximum atomic E-state index is 13.8. The summed E-state index contributed by atoms with van der Waals surface area (Å²) in [4.78, 5) is 3.94. The minimum atomic E-state index is -4.13. The lowest BCUT2D eigenvalue weighted by molar-refractivity contribution is 0.591. The summed E-state index contributed by atoms with van der Waals surface area (Å²) in [5.74, 6) is -1.28. The van der Waals surface area contributed by atoms with Crippen molar-refractivity contribution in [3.8, 4) is 11.1 Å². The number of hydrogen-bond donors (Lipinski definition) is 0. The lowest BCUT2D eigenvalue weighted by Crippen LogP contribution is -2.06. The van der Waals surface area contributed by atoms with E-state index in [-0.39, 0.29) is 20.5 Å². The molecular weight excluding hydrogens is 439 g/mol. The first-order chi connectivity index (χ1) is 13.8. The van der Waals surface area contributed by atoms with E-state index >= 15 is 0 Å². The summed E-state index contributed by atoms with van der Waals surface area (Å²) >= 11 is 11.7. The van der Waals surface area contributed by atoms with E-state index in [2.05, 4.69) is 4.98 Å². The Labute approximate surface area is 175 Å². The lowest BCUT2D eigenvalue weighted by Gasteiger charge is -2.11. The van der Waals surface area contributed by atoms with Crippen molar-refractivity contribution >= 4 is 43.9 Å². The summed E-state index contributed by atoms with van der Waals surface area (Å²) < 4.78 is 53.5. The van der Waals surface area contributed by atoms with Crippen LogP contribution in [-0.2, 0) is 9.84 Å². The standard InChI is InChI=1S/C21H11Cl2F2NO2S/c22-13-3-1-12(2-4-13)17-11-21(26-20-9-14(24)5-7-16(17)20)29(27,28)15-6-8-19(25)18(23)10-15/h1-11H. The SMILES string of the molecule is O=S(=O)(c1ccc(F)c(Cl)c1)c1cc(-c2ccc(Cl)cc2)c2ccc(F)cc2n1. The average molecular weight is 450 g/mol. The molecule has 0 aliphatic heterocycles. The molecule has 3 nitrogen and oxygen atoms in total. The summed E-state index contributed by atoms with van der Waals surface area (Å²) in [5.41, 5.74) is 1.39. The smallest absolute Gasteiger partial charge is 0.223 e. The van der Waals surface area contributed by atoms with Crippen LogP contribution in [0.15, 0.2) is 76.7 Å². The third-order valence-corrected chi connectivity index (χ3v) is 6.56. The molecular formula is C21H11Cl2F2NO2S. The lowest BCUT2D eigenvalue weighted by atomic mass is 10.0. The third kappa shape index (κ3) is 3.71. The third-order valence-electron chi connectivity index (χ3n) is 4.38. The van der Waals surface area contributed by atoms with Crippen LogP contribution in [0.4, 0.5) is 8.78 Å². The molecule has 0 aliphatic rings. The zero-order valence-electron chi connectivity index (χ0n) is 14.5. The molecule has 29 heavy (non-hydrogen) atoms. The van der Waals surface area contributed by atoms with Gasteiger partial charge >= 0.3 is 0 Å². The molecule has 4 aromatic rings. The molecule has 8 heteroatoms. The predicted molar refractivity (Wildman–Crippen MR) is 109 cm³/mol. The number of hydrogen-bond acceptors (Lipinski definition) is 3. The molecule has 0 bridgehead atoms. The molecule has 0 spiro atoms. The Morgan fingerprint density at radius 1 is 0.828 bits per heavy atom. The zero-order valence-corrected chi connectivity index (χ0v) is 16.9. The summed E-state index contributed by atoms with van der Waals surface area (Å²) in [6, 6.07) is 15.3. The summed E-state index contributed by atoms with van der Waals surface area (Å²) in [6.07, 6.45) is 0. The Balaban J connectivity index is 2.00. The predicted octanol–water partition coefficient (Wildman–Crippen LogP) is 6.32. The van der Waals surface area contributed by atoms with Gasteiger partial charge in [-0.25, -0.2) is 22.2 Å². The van der Waals surface area contributed by atoms with Gasteiger partial charge in [0.05, 0.1) is 15.4 Å². The molecule has 0 N–H and O–H groups in total. The van der Waals surface area contributed by atoms with E-state index in [9.17, 15) is 17.2 Å². The fourth-order valence-corrected chi connectivity index (χ4v) is 4.57. The molecule has 0 saturated heterocycles. The molecule has 0 radical (unpaired) electrons. The van der Waals surface area contributed by atoms with Gasteiger partial charge in [-0.2, -0.15) is 0 Å². The molecule has 0 unspecified atom stereocenters. The van der Waals surface area contributed by atoms with Gasteiger partial charge in [-0.1, -0.05) is 35.3 Å². The molecule has 3 aromatic carbocycles. The number of sulfone groups is 1. The molecule has 1 aromatic heterocycles. The van der Waals surface area contributed by atoms with Crippen LogP contribution in [0.5, 0.6) is 0 Å². The maximum Gasteiger partial charge on any atom is 0.223 e. The van der Waals surface area contributed by atoms with Crippen LogP contribution in [-0.4, -0.2) is 13.4 Å². The molecule has 0 atom stereocenters. The molecule has 0 amide bonds. The van der Waals surface area contributed by atoms with Crippen molar-refractivity contribution in [2.45, 2.75) is 9.92 Å². The number of pyridine rings is 1. The molecule has 1 heterocycles. The number of rotatable bonds is 3. The molecule has 0 aliphatic carbocycles. The Kier molecular flexibility index (Phi) is 5.02. The van der Waals surface area contributed by atoms with E-state index in [4.69, 9.17) is 23.2 Å². The van der Waals surface area contributed by atoms with Crippen LogP contribution in [0.3, 0.4) is 0 Å². The first kappa shape index (κ1) is 19.8. The number of fused-ring (bicyclic) bond motifs is 1. The van der Waals surface area contributed by atoms with Gasteiger partial charge in [0.2, 0.25) is 9.84 Å². The van der Waals surface area contributed by atoms with E-state index < -0.39 is 21.5 Å². The van der Waals surface area contributed by atoms with Crippen molar-refractivity contribution in [1.29, 1.82) is 0 Å². The van der Waals surface area contributed by atoms with Crippen LogP contribution >= 0.6 is 23.2 Å². The normalized spacial score (nSPS) is 11.7. The van der Waals surface area contributed by atoms with E-state index in [1.54, 1.807) is 24.3 Å². The minimum Gasteiger partial charge on any atom is -0.236 e. The van der Waals surface area contributed by atoms with Gasteiger partial charge in [0.25, 0.3) is 0 Å². The van der Waals surface area contributed by atoms with Gasteiger partial charge in [-0.05, 0) is 59.7 Å². The van der Waals surface area contributed by atoms with Gasteiger partial charge in [-0.15, -0.1) is 0 Å². The first-order valence-corrected chi connectivity index (χ1v) is 10.6. The molecule has 146 valence electrons. The second kappa shape index (κ2) is 7.37. The highest BCUT2D eigenvalue weighted by atomic mass is 35.5. The number of benzene rings is 3. The topological polar surface area (TPSA) is 47.0 Å². The van der Waals surface area contributed by atoms with Crippen molar-refractivity contribution in [3.63, 3.8) is 0 Å². The minimum absolute atomic E-state index is 0.171. The highest BCUT2D eigenvalue weighted by molar-refractivity contribution is 7.91. The van der Waals surface area contributed by atoms with Gasteiger partial charge < -0.3 is 0 Å². The van der Waals surface area contributed by atoms with E-state index in [0.717, 1.165) is 24.3 Å². The highest BCUT2D eigenvalue weighted by Crippen LogP contribution is 2.33. The van der Waals surface area contributed by atoms with Crippen molar-refractivity contribution in [2.75, 3.05) is 0 Å². The molecule has 0 fully saturated rings. The number of halogens is 4. The maximum absolute atomic E-state index is 13.8. The Morgan fingerprint density at radius 3 is 2.24 bits per heavy atom. The summed E-state index contributed by atoms with van der Waals surface area (Å²) in [6.45, 7) is 0. The second-order valence-electron chi connectivity index (χ2n) is 6.26. The summed E-state index contributed by atoms with van der Waals surface area (Å²) in [7, 11) is -4.13. The fraction of sp³-hybridized carbons (Fsp3) is 0. The van der Waals surface area contributed by atoms with Crippen LogP contribution in [0.1, 0.15) is 0 Å². The zero-order chi connectivity index (χ0) is 20.8. The van der Waals surface area contributed by atoms with Crippen molar-refractivity contribution in [2.24, 2.45) is 0 Å². The quantitative estimate of drug-likeness (QED) is 0.343. The molecule has 0 saturated carbocycles. The van der Waals surface area contributed by atoms with Crippen LogP contribution in [0.25, 0.3) is 22.0 Å². The average Bonchev–Trinajstić information content (AvgIpc) is 2.69. The van der Waals surface area contributed by atoms with E-state index in [0.29, 0.717) is 21.5 Å². The van der Waals surface area contributed by atoms with Gasteiger partial charge in [0.15, 0.2) is 5.03 Å². The summed E-state index contributed by atoms with van der Waals surface area (Å²) in [5, 5.41) is 0.468. The Morgan fingerprint density at radius 2 is 1.55 bits per heavy atom. The molecule has 4 rings (SSSR count). The Hall–Kier alpha value is -2.54. The Bertz CT molecular complexity index is 1360. The largest absolute Gasteiger partial charge is 0.236 e. The number of aromatic nitrogens is 1. The second-order valence-corrected chi connectivity index (χ2v) is 9.00. The number of nitrogens with zero attached hydrogens (tertiary/aromatic N) is 1. The van der Waals surface area contributed by atoms with Gasteiger partial charge in [-0.3, -0.25) is 0 Å². The van der Waals surface area contributed by atoms with Crippen LogP contribution in [0.2, 0.25) is 10.0 Å². The van der Waals surface area contributed by atoms with E-state index in [1.165, 1.54) is 18.2 Å². The van der Waals surface area contributed by atoms with Crippen molar-refractivity contribution < 1.29 is 17.2 Å². The van der Waals surface area contributed by atoms with Gasteiger partial charge in [0.1, 0.15) is 11.6 Å². The van der Waals surface area contributed by atoms with Gasteiger partial charge in [0, 0.05) is 16.5 Å². The van der Waals surface area contributed by atoms with Crippen molar-refractivity contribution in [3.05, 3.63) is 88.4 Å². The fourth-order valence-electron chi connectivity index (χ4n) is 2.95. The van der Waals surface area contributed by atoms with Crippen LogP contribution in [0, 0.1) is 11.6 Å². The van der Waals surface area contributed by atoms with Crippen molar-refractivity contribution in [1.82, 2.24) is 4.98 Å². The van der Waals surface area contributed by atoms with Crippen LogP contribution < -0.4 is 0 Å².